The van der Waals surface area contributed by atoms with Gasteiger partial charge in [0.05, 0.1) is 17.9 Å². The Morgan fingerprint density at radius 3 is 2.93 bits per heavy atom. The van der Waals surface area contributed by atoms with Crippen LogP contribution in [0.2, 0.25) is 0 Å². The molecule has 5 rings (SSSR count). The number of ether oxygens (including phenoxy) is 2. The van der Waals surface area contributed by atoms with Crippen molar-refractivity contribution < 1.29 is 19.1 Å². The maximum atomic E-state index is 13.1. The van der Waals surface area contributed by atoms with E-state index in [2.05, 4.69) is 18.3 Å². The van der Waals surface area contributed by atoms with E-state index in [4.69, 9.17) is 9.47 Å². The molecular formula is C22H26N2O4. The second kappa shape index (κ2) is 6.08. The average Bonchev–Trinajstić information content (AvgIpc) is 2.96. The first-order valence-corrected chi connectivity index (χ1v) is 10.3. The maximum absolute atomic E-state index is 13.1. The molecule has 4 aliphatic heterocycles. The van der Waals surface area contributed by atoms with Crippen LogP contribution >= 0.6 is 0 Å². The molecular weight excluding hydrogens is 356 g/mol. The molecule has 1 spiro atoms. The highest BCUT2D eigenvalue weighted by atomic mass is 16.5. The predicted molar refractivity (Wildman–Crippen MR) is 103 cm³/mol. The van der Waals surface area contributed by atoms with Crippen LogP contribution in [0.1, 0.15) is 51.5 Å². The molecule has 0 saturated carbocycles. The van der Waals surface area contributed by atoms with Gasteiger partial charge in [-0.3, -0.25) is 4.79 Å². The fraction of sp³-hybridized carbons (Fsp3) is 0.545. The van der Waals surface area contributed by atoms with E-state index in [1.165, 1.54) is 0 Å². The van der Waals surface area contributed by atoms with Crippen molar-refractivity contribution in [3.63, 3.8) is 0 Å². The van der Waals surface area contributed by atoms with Gasteiger partial charge in [0, 0.05) is 36.1 Å². The van der Waals surface area contributed by atoms with Gasteiger partial charge in [0.25, 0.3) is 0 Å². The average molecular weight is 382 g/mol. The Bertz CT molecular complexity index is 894. The van der Waals surface area contributed by atoms with Gasteiger partial charge >= 0.3 is 5.97 Å². The van der Waals surface area contributed by atoms with E-state index in [-0.39, 0.29) is 23.5 Å². The number of nitrogens with one attached hydrogen (secondary N) is 1. The van der Waals surface area contributed by atoms with Gasteiger partial charge in [-0.05, 0) is 32.3 Å². The Hall–Kier alpha value is -2.34. The molecule has 148 valence electrons. The standard InChI is InChI=1S/C22H26N2O4/c1-3-21-10-9-17(25)24-12-11-22(28-20(21)24)15-7-5-6-8-16(15)23-18(22)14(13-21)19(26)27-4-2/h5-8,20,23H,3-4,9-13H2,1-2H3/t20-,21?,22+/m0/s1. The summed E-state index contributed by atoms with van der Waals surface area (Å²) < 4.78 is 12.3. The summed E-state index contributed by atoms with van der Waals surface area (Å²) in [4.78, 5) is 27.6. The second-order valence-electron chi connectivity index (χ2n) is 8.27. The van der Waals surface area contributed by atoms with Crippen LogP contribution in [0.25, 0.3) is 0 Å². The smallest absolute Gasteiger partial charge is 0.335 e. The van der Waals surface area contributed by atoms with Crippen LogP contribution < -0.4 is 5.32 Å². The third-order valence-corrected chi connectivity index (χ3v) is 7.06. The number of hydrogen-bond acceptors (Lipinski definition) is 5. The number of amides is 1. The summed E-state index contributed by atoms with van der Waals surface area (Å²) in [5, 5.41) is 3.49. The topological polar surface area (TPSA) is 67.9 Å². The lowest BCUT2D eigenvalue weighted by Crippen LogP contribution is -2.61. The van der Waals surface area contributed by atoms with Gasteiger partial charge < -0.3 is 19.7 Å². The van der Waals surface area contributed by atoms with Crippen molar-refractivity contribution in [2.45, 2.75) is 57.8 Å². The van der Waals surface area contributed by atoms with Crippen molar-refractivity contribution in [2.75, 3.05) is 18.5 Å². The molecule has 1 unspecified atom stereocenters. The number of piperidine rings is 1. The van der Waals surface area contributed by atoms with Gasteiger partial charge in [-0.2, -0.15) is 0 Å². The molecule has 6 heteroatoms. The SMILES string of the molecule is CCOC(=O)C1=C2Nc3ccccc3[C@]23CCN2C(=O)CCC(CC)(C1)[C@@H]2O3. The van der Waals surface area contributed by atoms with E-state index in [1.807, 2.05) is 30.0 Å². The number of benzene rings is 1. The van der Waals surface area contributed by atoms with Crippen LogP contribution in [0.4, 0.5) is 5.69 Å². The number of carbonyl (C=O) groups is 2. The third-order valence-electron chi connectivity index (χ3n) is 7.06. The lowest BCUT2D eigenvalue weighted by Gasteiger charge is -2.54. The Morgan fingerprint density at radius 2 is 2.14 bits per heavy atom. The highest BCUT2D eigenvalue weighted by Gasteiger charge is 2.61. The van der Waals surface area contributed by atoms with Crippen molar-refractivity contribution in [3.8, 4) is 0 Å². The van der Waals surface area contributed by atoms with Crippen LogP contribution in [0, 0.1) is 5.41 Å². The molecule has 4 aliphatic rings. The summed E-state index contributed by atoms with van der Waals surface area (Å²) in [6.07, 6.45) is 2.97. The third kappa shape index (κ3) is 2.18. The fourth-order valence-corrected chi connectivity index (χ4v) is 5.54. The van der Waals surface area contributed by atoms with E-state index >= 15 is 0 Å². The molecule has 2 fully saturated rings. The number of anilines is 1. The summed E-state index contributed by atoms with van der Waals surface area (Å²) in [6, 6.07) is 8.07. The van der Waals surface area contributed by atoms with Crippen LogP contribution in [0.15, 0.2) is 35.5 Å². The zero-order chi connectivity index (χ0) is 19.5. The minimum atomic E-state index is -0.714. The lowest BCUT2D eigenvalue weighted by atomic mass is 9.71. The number of hydrogen-bond donors (Lipinski definition) is 1. The molecule has 4 heterocycles. The van der Waals surface area contributed by atoms with Crippen LogP contribution in [0.5, 0.6) is 0 Å². The van der Waals surface area contributed by atoms with E-state index in [0.717, 1.165) is 29.8 Å². The predicted octanol–water partition coefficient (Wildman–Crippen LogP) is 3.29. The highest BCUT2D eigenvalue weighted by Crippen LogP contribution is 2.59. The summed E-state index contributed by atoms with van der Waals surface area (Å²) in [7, 11) is 0. The Morgan fingerprint density at radius 1 is 1.32 bits per heavy atom. The van der Waals surface area contributed by atoms with Crippen molar-refractivity contribution in [1.82, 2.24) is 4.90 Å². The van der Waals surface area contributed by atoms with Crippen LogP contribution in [0.3, 0.4) is 0 Å². The molecule has 1 amide bonds. The quantitative estimate of drug-likeness (QED) is 0.813. The number of esters is 1. The number of nitrogens with zero attached hydrogens (tertiary/aromatic N) is 1. The summed E-state index contributed by atoms with van der Waals surface area (Å²) >= 11 is 0. The lowest BCUT2D eigenvalue weighted by molar-refractivity contribution is -0.237. The fourth-order valence-electron chi connectivity index (χ4n) is 5.54. The normalized spacial score (nSPS) is 33.0. The minimum Gasteiger partial charge on any atom is -0.463 e. The molecule has 0 aromatic heterocycles. The monoisotopic (exact) mass is 382 g/mol. The number of carbonyl (C=O) groups excluding carboxylic acids is 2. The Labute approximate surface area is 164 Å². The van der Waals surface area contributed by atoms with E-state index < -0.39 is 5.60 Å². The molecule has 0 aliphatic carbocycles. The molecule has 0 radical (unpaired) electrons. The van der Waals surface area contributed by atoms with Crippen molar-refractivity contribution in [2.24, 2.45) is 5.41 Å². The van der Waals surface area contributed by atoms with Crippen LogP contribution in [-0.2, 0) is 24.7 Å². The van der Waals surface area contributed by atoms with Crippen molar-refractivity contribution >= 4 is 17.6 Å². The Kier molecular flexibility index (Phi) is 3.85. The van der Waals surface area contributed by atoms with Gasteiger partial charge in [-0.25, -0.2) is 4.79 Å². The summed E-state index contributed by atoms with van der Waals surface area (Å²) in [6.45, 7) is 4.94. The second-order valence-corrected chi connectivity index (χ2v) is 8.27. The maximum Gasteiger partial charge on any atom is 0.335 e. The van der Waals surface area contributed by atoms with E-state index in [0.29, 0.717) is 38.0 Å². The highest BCUT2D eigenvalue weighted by molar-refractivity contribution is 5.92. The largest absolute Gasteiger partial charge is 0.463 e. The molecule has 2 saturated heterocycles. The van der Waals surface area contributed by atoms with Crippen molar-refractivity contribution in [1.29, 1.82) is 0 Å². The summed E-state index contributed by atoms with van der Waals surface area (Å²) in [5.41, 5.74) is 2.54. The molecule has 1 aromatic rings. The molecule has 1 N–H and O–H groups in total. The van der Waals surface area contributed by atoms with Gasteiger partial charge in [-0.15, -0.1) is 0 Å². The minimum absolute atomic E-state index is 0.157. The van der Waals surface area contributed by atoms with E-state index in [1.54, 1.807) is 0 Å². The molecule has 2 bridgehead atoms. The molecule has 28 heavy (non-hydrogen) atoms. The molecule has 6 nitrogen and oxygen atoms in total. The number of para-hydroxylation sites is 1. The zero-order valence-corrected chi connectivity index (χ0v) is 16.4. The molecule has 3 atom stereocenters. The molecule has 1 aromatic carbocycles. The van der Waals surface area contributed by atoms with Gasteiger partial charge in [-0.1, -0.05) is 25.1 Å². The van der Waals surface area contributed by atoms with Crippen molar-refractivity contribution in [3.05, 3.63) is 41.1 Å². The first-order valence-electron chi connectivity index (χ1n) is 10.3. The first-order chi connectivity index (χ1) is 13.5. The van der Waals surface area contributed by atoms with E-state index in [9.17, 15) is 9.59 Å². The van der Waals surface area contributed by atoms with Crippen LogP contribution in [-0.4, -0.2) is 36.2 Å². The zero-order valence-electron chi connectivity index (χ0n) is 16.4. The number of fused-ring (bicyclic) bond motifs is 1. The Balaban J connectivity index is 1.74. The first kappa shape index (κ1) is 17.7. The summed E-state index contributed by atoms with van der Waals surface area (Å²) in [5.74, 6) is -0.117. The van der Waals surface area contributed by atoms with Gasteiger partial charge in [0.15, 0.2) is 0 Å². The van der Waals surface area contributed by atoms with Gasteiger partial charge in [0.2, 0.25) is 5.91 Å². The number of rotatable bonds is 3. The van der Waals surface area contributed by atoms with Gasteiger partial charge in [0.1, 0.15) is 11.8 Å².